The summed E-state index contributed by atoms with van der Waals surface area (Å²) in [6.45, 7) is 0. The standard InChI is InChI=1S/C23H20N4O6S2/c1-27(18-8-4-3-5-9-18)35(31,32)19-13-11-16(12-14-19)21(28)24-23-26-25-22(33-23)17-7-6-10-20(15-17)34(2,29)30/h3-15H,1-2H3,(H,24,26,28). The Bertz CT molecular complexity index is 1580. The van der Waals surface area contributed by atoms with Gasteiger partial charge in [-0.1, -0.05) is 29.4 Å². The minimum absolute atomic E-state index is 0.0197. The second kappa shape index (κ2) is 9.31. The number of amides is 1. The summed E-state index contributed by atoms with van der Waals surface area (Å²) < 4.78 is 55.9. The second-order valence-corrected chi connectivity index (χ2v) is 11.5. The quantitative estimate of drug-likeness (QED) is 0.398. The number of benzene rings is 3. The van der Waals surface area contributed by atoms with Crippen molar-refractivity contribution in [1.82, 2.24) is 10.2 Å². The monoisotopic (exact) mass is 512 g/mol. The topological polar surface area (TPSA) is 140 Å². The zero-order valence-corrected chi connectivity index (χ0v) is 20.2. The highest BCUT2D eigenvalue weighted by Crippen LogP contribution is 2.24. The summed E-state index contributed by atoms with van der Waals surface area (Å²) in [5.41, 5.74) is 1.05. The first-order valence-electron chi connectivity index (χ1n) is 10.1. The van der Waals surface area contributed by atoms with Crippen molar-refractivity contribution in [1.29, 1.82) is 0 Å². The Balaban J connectivity index is 1.49. The highest BCUT2D eigenvalue weighted by atomic mass is 32.2. The SMILES string of the molecule is CN(c1ccccc1)S(=O)(=O)c1ccc(C(=O)Nc2nnc(-c3cccc(S(C)(=O)=O)c3)o2)cc1. The lowest BCUT2D eigenvalue weighted by atomic mass is 10.2. The predicted octanol–water partition coefficient (Wildman–Crippen LogP) is 3.22. The number of rotatable bonds is 7. The van der Waals surface area contributed by atoms with E-state index in [2.05, 4.69) is 15.5 Å². The number of carbonyl (C=O) groups excluding carboxylic acids is 1. The molecule has 180 valence electrons. The van der Waals surface area contributed by atoms with Crippen molar-refractivity contribution in [3.8, 4) is 11.5 Å². The molecule has 0 radical (unpaired) electrons. The number of para-hydroxylation sites is 1. The third-order valence-electron chi connectivity index (χ3n) is 5.05. The molecule has 4 aromatic rings. The van der Waals surface area contributed by atoms with Crippen LogP contribution in [0.15, 0.2) is 93.1 Å². The van der Waals surface area contributed by atoms with E-state index in [1.165, 1.54) is 43.4 Å². The van der Waals surface area contributed by atoms with Crippen LogP contribution in [0.1, 0.15) is 10.4 Å². The van der Waals surface area contributed by atoms with Gasteiger partial charge in [0.15, 0.2) is 9.84 Å². The molecule has 0 aliphatic heterocycles. The van der Waals surface area contributed by atoms with Crippen molar-refractivity contribution in [3.63, 3.8) is 0 Å². The summed E-state index contributed by atoms with van der Waals surface area (Å²) in [5, 5.41) is 10.0. The average Bonchev–Trinajstić information content (AvgIpc) is 3.32. The molecule has 1 aromatic heterocycles. The molecule has 1 amide bonds. The third kappa shape index (κ3) is 5.23. The number of sulfonamides is 1. The molecule has 4 rings (SSSR count). The molecule has 3 aromatic carbocycles. The molecule has 0 aliphatic rings. The van der Waals surface area contributed by atoms with Crippen LogP contribution in [-0.2, 0) is 19.9 Å². The minimum atomic E-state index is -3.82. The summed E-state index contributed by atoms with van der Waals surface area (Å²) in [6, 6.07) is 19.8. The van der Waals surface area contributed by atoms with Gasteiger partial charge in [-0.3, -0.25) is 14.4 Å². The van der Waals surface area contributed by atoms with Crippen LogP contribution in [0.25, 0.3) is 11.5 Å². The molecule has 0 fully saturated rings. The average molecular weight is 513 g/mol. The fraction of sp³-hybridized carbons (Fsp3) is 0.0870. The highest BCUT2D eigenvalue weighted by Gasteiger charge is 2.22. The molecule has 0 spiro atoms. The molecule has 0 saturated heterocycles. The van der Waals surface area contributed by atoms with Crippen molar-refractivity contribution < 1.29 is 26.0 Å². The van der Waals surface area contributed by atoms with Gasteiger partial charge in [-0.2, -0.15) is 0 Å². The third-order valence-corrected chi connectivity index (χ3v) is 7.96. The van der Waals surface area contributed by atoms with Crippen molar-refractivity contribution in [3.05, 3.63) is 84.4 Å². The lowest BCUT2D eigenvalue weighted by molar-refractivity contribution is 0.102. The maximum absolute atomic E-state index is 12.9. The molecule has 0 aliphatic carbocycles. The van der Waals surface area contributed by atoms with E-state index in [0.29, 0.717) is 11.3 Å². The first-order chi connectivity index (χ1) is 16.6. The van der Waals surface area contributed by atoms with E-state index >= 15 is 0 Å². The Hall–Kier alpha value is -4.03. The van der Waals surface area contributed by atoms with E-state index in [0.717, 1.165) is 10.6 Å². The number of carbonyl (C=O) groups is 1. The summed E-state index contributed by atoms with van der Waals surface area (Å²) in [4.78, 5) is 12.7. The summed E-state index contributed by atoms with van der Waals surface area (Å²) >= 11 is 0. The normalized spacial score (nSPS) is 11.7. The molecule has 1 N–H and O–H groups in total. The van der Waals surface area contributed by atoms with Crippen LogP contribution >= 0.6 is 0 Å². The summed E-state index contributed by atoms with van der Waals surface area (Å²) in [7, 11) is -5.79. The van der Waals surface area contributed by atoms with Crippen LogP contribution in [-0.4, -0.2) is 46.2 Å². The zero-order chi connectivity index (χ0) is 25.2. The summed E-state index contributed by atoms with van der Waals surface area (Å²) in [5.74, 6) is -0.568. The van der Waals surface area contributed by atoms with Crippen LogP contribution in [0.5, 0.6) is 0 Å². The first-order valence-corrected chi connectivity index (χ1v) is 13.5. The predicted molar refractivity (Wildman–Crippen MR) is 129 cm³/mol. The van der Waals surface area contributed by atoms with E-state index in [9.17, 15) is 21.6 Å². The Morgan fingerprint density at radius 1 is 0.857 bits per heavy atom. The largest absolute Gasteiger partial charge is 0.403 e. The van der Waals surface area contributed by atoms with Crippen molar-refractivity contribution in [2.75, 3.05) is 22.9 Å². The molecule has 1 heterocycles. The Morgan fingerprint density at radius 3 is 2.20 bits per heavy atom. The maximum atomic E-state index is 12.9. The van der Waals surface area contributed by atoms with Crippen molar-refractivity contribution in [2.45, 2.75) is 9.79 Å². The van der Waals surface area contributed by atoms with Gasteiger partial charge >= 0.3 is 6.01 Å². The van der Waals surface area contributed by atoms with E-state index in [1.807, 2.05) is 0 Å². The highest BCUT2D eigenvalue weighted by molar-refractivity contribution is 7.92. The zero-order valence-electron chi connectivity index (χ0n) is 18.6. The van der Waals surface area contributed by atoms with Crippen LogP contribution < -0.4 is 9.62 Å². The molecule has 12 heteroatoms. The second-order valence-electron chi connectivity index (χ2n) is 7.50. The number of sulfone groups is 1. The van der Waals surface area contributed by atoms with Gasteiger partial charge in [0, 0.05) is 24.4 Å². The fourth-order valence-corrected chi connectivity index (χ4v) is 4.99. The van der Waals surface area contributed by atoms with Gasteiger partial charge in [-0.05, 0) is 54.6 Å². The fourth-order valence-electron chi connectivity index (χ4n) is 3.13. The van der Waals surface area contributed by atoms with E-state index in [1.54, 1.807) is 42.5 Å². The Morgan fingerprint density at radius 2 is 1.54 bits per heavy atom. The minimum Gasteiger partial charge on any atom is -0.403 e. The molecule has 0 atom stereocenters. The van der Waals surface area contributed by atoms with Gasteiger partial charge < -0.3 is 4.42 Å². The van der Waals surface area contributed by atoms with Gasteiger partial charge in [-0.15, -0.1) is 5.10 Å². The molecule has 10 nitrogen and oxygen atoms in total. The molecular formula is C23H20N4O6S2. The van der Waals surface area contributed by atoms with Crippen LogP contribution in [0.3, 0.4) is 0 Å². The van der Waals surface area contributed by atoms with Crippen LogP contribution in [0.4, 0.5) is 11.7 Å². The summed E-state index contributed by atoms with van der Waals surface area (Å²) in [6.07, 6.45) is 1.09. The molecular weight excluding hydrogens is 492 g/mol. The van der Waals surface area contributed by atoms with E-state index < -0.39 is 25.8 Å². The van der Waals surface area contributed by atoms with Gasteiger partial charge in [-0.25, -0.2) is 16.8 Å². The van der Waals surface area contributed by atoms with Crippen molar-refractivity contribution in [2.24, 2.45) is 0 Å². The number of anilines is 2. The molecule has 35 heavy (non-hydrogen) atoms. The number of nitrogens with one attached hydrogen (secondary N) is 1. The first kappa shape index (κ1) is 24.1. The Labute approximate surface area is 202 Å². The van der Waals surface area contributed by atoms with Gasteiger partial charge in [0.25, 0.3) is 15.9 Å². The molecule has 0 bridgehead atoms. The van der Waals surface area contributed by atoms with Gasteiger partial charge in [0.1, 0.15) is 0 Å². The Kier molecular flexibility index (Phi) is 6.41. The number of hydrogen-bond donors (Lipinski definition) is 1. The van der Waals surface area contributed by atoms with Gasteiger partial charge in [0.05, 0.1) is 15.5 Å². The van der Waals surface area contributed by atoms with Crippen LogP contribution in [0, 0.1) is 0 Å². The molecule has 0 saturated carbocycles. The smallest absolute Gasteiger partial charge is 0.322 e. The van der Waals surface area contributed by atoms with E-state index in [-0.39, 0.29) is 27.3 Å². The maximum Gasteiger partial charge on any atom is 0.322 e. The van der Waals surface area contributed by atoms with Crippen LogP contribution in [0.2, 0.25) is 0 Å². The lowest BCUT2D eigenvalue weighted by Crippen LogP contribution is -2.26. The lowest BCUT2D eigenvalue weighted by Gasteiger charge is -2.19. The number of nitrogens with zero attached hydrogens (tertiary/aromatic N) is 3. The van der Waals surface area contributed by atoms with E-state index in [4.69, 9.17) is 4.42 Å². The molecule has 0 unspecified atom stereocenters. The van der Waals surface area contributed by atoms with Crippen molar-refractivity contribution >= 4 is 37.5 Å². The number of hydrogen-bond acceptors (Lipinski definition) is 8. The van der Waals surface area contributed by atoms with Gasteiger partial charge in [0.2, 0.25) is 5.89 Å². The number of aromatic nitrogens is 2.